The van der Waals surface area contributed by atoms with Gasteiger partial charge >= 0.3 is 0 Å². The number of benzene rings is 1. The smallest absolute Gasteiger partial charge is 0.128 e. The van der Waals surface area contributed by atoms with Crippen LogP contribution in [0.3, 0.4) is 0 Å². The number of hydrogen-bond acceptors (Lipinski definition) is 4. The van der Waals surface area contributed by atoms with Gasteiger partial charge in [0.1, 0.15) is 11.6 Å². The van der Waals surface area contributed by atoms with Crippen LogP contribution in [0.1, 0.15) is 11.6 Å². The molecule has 112 valence electrons. The Morgan fingerprint density at radius 2 is 1.85 bits per heavy atom. The number of methoxy groups -OCH3 is 2. The second kappa shape index (κ2) is 6.58. The van der Waals surface area contributed by atoms with Crippen molar-refractivity contribution in [3.63, 3.8) is 0 Å². The molecule has 1 saturated heterocycles. The van der Waals surface area contributed by atoms with Crippen molar-refractivity contribution in [2.45, 2.75) is 18.2 Å². The van der Waals surface area contributed by atoms with E-state index in [1.54, 1.807) is 14.2 Å². The molecular weight excluding hydrogens is 266 g/mol. The highest BCUT2D eigenvalue weighted by atomic mass is 19.1. The van der Waals surface area contributed by atoms with Gasteiger partial charge in [-0.15, -0.1) is 0 Å². The highest BCUT2D eigenvalue weighted by Gasteiger charge is 2.37. The quantitative estimate of drug-likeness (QED) is 0.886. The largest absolute Gasteiger partial charge is 0.377 e. The zero-order chi connectivity index (χ0) is 14.7. The Morgan fingerprint density at radius 3 is 2.35 bits per heavy atom. The van der Waals surface area contributed by atoms with Crippen molar-refractivity contribution in [2.75, 3.05) is 33.9 Å². The SMILES string of the molecule is COC1CN(C(CN)c2cc(F)ccc2F)CC1OC. The maximum absolute atomic E-state index is 13.9. The molecule has 2 rings (SSSR count). The number of likely N-dealkylation sites (tertiary alicyclic amines) is 1. The van der Waals surface area contributed by atoms with Gasteiger partial charge in [0.15, 0.2) is 0 Å². The molecule has 1 fully saturated rings. The first-order chi connectivity index (χ1) is 9.60. The summed E-state index contributed by atoms with van der Waals surface area (Å²) >= 11 is 0. The average molecular weight is 286 g/mol. The highest BCUT2D eigenvalue weighted by molar-refractivity contribution is 5.23. The molecule has 0 aliphatic carbocycles. The molecule has 0 amide bonds. The van der Waals surface area contributed by atoms with Crippen LogP contribution < -0.4 is 5.73 Å². The normalized spacial score (nSPS) is 25.1. The fourth-order valence-corrected chi connectivity index (χ4v) is 2.72. The number of ether oxygens (including phenoxy) is 2. The summed E-state index contributed by atoms with van der Waals surface area (Å²) in [5.41, 5.74) is 6.04. The summed E-state index contributed by atoms with van der Waals surface area (Å²) in [6, 6.07) is 3.05. The van der Waals surface area contributed by atoms with Crippen LogP contribution in [0.15, 0.2) is 18.2 Å². The van der Waals surface area contributed by atoms with Crippen LogP contribution in [0.25, 0.3) is 0 Å². The minimum atomic E-state index is -0.467. The highest BCUT2D eigenvalue weighted by Crippen LogP contribution is 2.28. The number of rotatable bonds is 5. The number of nitrogens with two attached hydrogens (primary N) is 1. The Labute approximate surface area is 117 Å². The summed E-state index contributed by atoms with van der Waals surface area (Å²) in [4.78, 5) is 1.97. The molecule has 1 aromatic carbocycles. The molecule has 1 heterocycles. The summed E-state index contributed by atoms with van der Waals surface area (Å²) in [6.45, 7) is 1.35. The van der Waals surface area contributed by atoms with E-state index in [0.29, 0.717) is 13.1 Å². The van der Waals surface area contributed by atoms with Crippen LogP contribution in [-0.2, 0) is 9.47 Å². The lowest BCUT2D eigenvalue weighted by molar-refractivity contribution is -0.00461. The summed E-state index contributed by atoms with van der Waals surface area (Å²) in [5.74, 6) is -0.915. The molecular formula is C14H20F2N2O2. The second-order valence-corrected chi connectivity index (χ2v) is 4.92. The predicted octanol–water partition coefficient (Wildman–Crippen LogP) is 1.31. The Kier molecular flexibility index (Phi) is 5.04. The van der Waals surface area contributed by atoms with E-state index in [-0.39, 0.29) is 30.4 Å². The standard InChI is InChI=1S/C14H20F2N2O2/c1-19-13-7-18(8-14(13)20-2)12(6-17)10-5-9(15)3-4-11(10)16/h3-5,12-14H,6-8,17H2,1-2H3. The first-order valence-electron chi connectivity index (χ1n) is 6.55. The van der Waals surface area contributed by atoms with E-state index in [1.807, 2.05) is 4.90 Å². The number of halogens is 2. The molecule has 6 heteroatoms. The van der Waals surface area contributed by atoms with Crippen molar-refractivity contribution in [3.8, 4) is 0 Å². The first-order valence-corrected chi connectivity index (χ1v) is 6.55. The van der Waals surface area contributed by atoms with Gasteiger partial charge in [0.2, 0.25) is 0 Å². The van der Waals surface area contributed by atoms with E-state index in [0.717, 1.165) is 12.1 Å². The van der Waals surface area contributed by atoms with Crippen molar-refractivity contribution in [1.82, 2.24) is 4.90 Å². The lowest BCUT2D eigenvalue weighted by Gasteiger charge is -2.27. The first kappa shape index (κ1) is 15.3. The molecule has 0 bridgehead atoms. The molecule has 2 N–H and O–H groups in total. The van der Waals surface area contributed by atoms with Crippen molar-refractivity contribution in [3.05, 3.63) is 35.4 Å². The van der Waals surface area contributed by atoms with E-state index < -0.39 is 11.6 Å². The van der Waals surface area contributed by atoms with Gasteiger partial charge in [-0.1, -0.05) is 0 Å². The van der Waals surface area contributed by atoms with Gasteiger partial charge in [0.25, 0.3) is 0 Å². The molecule has 3 unspecified atom stereocenters. The molecule has 0 saturated carbocycles. The van der Waals surface area contributed by atoms with Gasteiger partial charge in [0.05, 0.1) is 18.2 Å². The fraction of sp³-hybridized carbons (Fsp3) is 0.571. The summed E-state index contributed by atoms with van der Waals surface area (Å²) < 4.78 is 38.0. The Bertz CT molecular complexity index is 447. The van der Waals surface area contributed by atoms with Gasteiger partial charge in [-0.2, -0.15) is 0 Å². The number of nitrogens with zero attached hydrogens (tertiary/aromatic N) is 1. The lowest BCUT2D eigenvalue weighted by atomic mass is 10.0. The molecule has 4 nitrogen and oxygen atoms in total. The van der Waals surface area contributed by atoms with Crippen LogP contribution in [0.4, 0.5) is 8.78 Å². The molecule has 0 spiro atoms. The van der Waals surface area contributed by atoms with Gasteiger partial charge in [-0.3, -0.25) is 4.90 Å². The molecule has 1 aliphatic heterocycles. The summed E-state index contributed by atoms with van der Waals surface area (Å²) in [6.07, 6.45) is -0.184. The molecule has 1 aliphatic rings. The van der Waals surface area contributed by atoms with Crippen molar-refractivity contribution in [1.29, 1.82) is 0 Å². The third-order valence-corrected chi connectivity index (χ3v) is 3.83. The van der Waals surface area contributed by atoms with Gasteiger partial charge in [-0.05, 0) is 18.2 Å². The van der Waals surface area contributed by atoms with Crippen LogP contribution in [-0.4, -0.2) is 51.0 Å². The summed E-state index contributed by atoms with van der Waals surface area (Å²) in [5, 5.41) is 0. The maximum atomic E-state index is 13.9. The second-order valence-electron chi connectivity index (χ2n) is 4.92. The minimum Gasteiger partial charge on any atom is -0.377 e. The Balaban J connectivity index is 2.23. The summed E-state index contributed by atoms with van der Waals surface area (Å²) in [7, 11) is 3.22. The van der Waals surface area contributed by atoms with Crippen LogP contribution >= 0.6 is 0 Å². The third kappa shape index (κ3) is 2.98. The molecule has 3 atom stereocenters. The maximum Gasteiger partial charge on any atom is 0.128 e. The van der Waals surface area contributed by atoms with E-state index in [2.05, 4.69) is 0 Å². The van der Waals surface area contributed by atoms with Gasteiger partial charge in [0, 0.05) is 39.4 Å². The molecule has 0 aromatic heterocycles. The number of hydrogen-bond donors (Lipinski definition) is 1. The third-order valence-electron chi connectivity index (χ3n) is 3.83. The average Bonchev–Trinajstić information content (AvgIpc) is 2.86. The lowest BCUT2D eigenvalue weighted by Crippen LogP contribution is -2.33. The van der Waals surface area contributed by atoms with Gasteiger partial charge < -0.3 is 15.2 Å². The van der Waals surface area contributed by atoms with Crippen molar-refractivity contribution in [2.24, 2.45) is 5.73 Å². The van der Waals surface area contributed by atoms with E-state index in [1.165, 1.54) is 6.07 Å². The Hall–Kier alpha value is -1.08. The van der Waals surface area contributed by atoms with Gasteiger partial charge in [-0.25, -0.2) is 8.78 Å². The monoisotopic (exact) mass is 286 g/mol. The molecule has 0 radical (unpaired) electrons. The van der Waals surface area contributed by atoms with E-state index in [4.69, 9.17) is 15.2 Å². The van der Waals surface area contributed by atoms with E-state index in [9.17, 15) is 8.78 Å². The fourth-order valence-electron chi connectivity index (χ4n) is 2.72. The zero-order valence-corrected chi connectivity index (χ0v) is 11.7. The molecule has 20 heavy (non-hydrogen) atoms. The van der Waals surface area contributed by atoms with Crippen molar-refractivity contribution < 1.29 is 18.3 Å². The zero-order valence-electron chi connectivity index (χ0n) is 11.7. The van der Waals surface area contributed by atoms with E-state index >= 15 is 0 Å². The molecule has 1 aromatic rings. The van der Waals surface area contributed by atoms with Crippen LogP contribution in [0, 0.1) is 11.6 Å². The van der Waals surface area contributed by atoms with Crippen LogP contribution in [0.5, 0.6) is 0 Å². The van der Waals surface area contributed by atoms with Crippen molar-refractivity contribution >= 4 is 0 Å². The topological polar surface area (TPSA) is 47.7 Å². The minimum absolute atomic E-state index is 0.0920. The Morgan fingerprint density at radius 1 is 1.25 bits per heavy atom. The van der Waals surface area contributed by atoms with Crippen LogP contribution in [0.2, 0.25) is 0 Å². The predicted molar refractivity (Wildman–Crippen MR) is 71.3 cm³/mol.